The molecule has 0 saturated heterocycles. The van der Waals surface area contributed by atoms with Gasteiger partial charge in [-0.1, -0.05) is 62.7 Å². The van der Waals surface area contributed by atoms with Crippen LogP contribution < -0.4 is 10.1 Å². The molecule has 0 saturated carbocycles. The highest BCUT2D eigenvalue weighted by atomic mass is 32.1. The Hall–Kier alpha value is -2.66. The van der Waals surface area contributed by atoms with Crippen molar-refractivity contribution in [3.63, 3.8) is 0 Å². The average molecular weight is 409 g/mol. The van der Waals surface area contributed by atoms with Crippen LogP contribution >= 0.6 is 11.3 Å². The van der Waals surface area contributed by atoms with Crippen LogP contribution in [0.3, 0.4) is 0 Å². The quantitative estimate of drug-likeness (QED) is 0.473. The monoisotopic (exact) mass is 408 g/mol. The molecular weight excluding hydrogens is 380 g/mol. The van der Waals surface area contributed by atoms with Gasteiger partial charge in [0.25, 0.3) is 0 Å². The van der Waals surface area contributed by atoms with Crippen LogP contribution in [0.4, 0.5) is 5.13 Å². The molecule has 29 heavy (non-hydrogen) atoms. The van der Waals surface area contributed by atoms with Crippen LogP contribution in [0.1, 0.15) is 44.7 Å². The smallest absolute Gasteiger partial charge is 0.226 e. The number of hydrogen-bond acceptors (Lipinski definition) is 4. The standard InChI is InChI=1S/C24H28N2O2S/c1-17-7-9-18(10-8-17)21-16-29-23(25-21)26-22(27)6-5-15-28-20-13-11-19(12-14-20)24(2,3)4/h7-14,16H,5-6,15H2,1-4H3,(H,25,26,27). The number of amides is 1. The van der Waals surface area contributed by atoms with E-state index in [9.17, 15) is 4.79 Å². The molecule has 0 atom stereocenters. The number of thiazole rings is 1. The van der Waals surface area contributed by atoms with Crippen LogP contribution in [-0.2, 0) is 10.2 Å². The number of ether oxygens (including phenoxy) is 1. The molecular formula is C24H28N2O2S. The summed E-state index contributed by atoms with van der Waals surface area (Å²) in [5.41, 5.74) is 4.55. The molecule has 2 aromatic carbocycles. The van der Waals surface area contributed by atoms with Crippen LogP contribution in [0, 0.1) is 6.92 Å². The van der Waals surface area contributed by atoms with E-state index in [1.165, 1.54) is 22.5 Å². The van der Waals surface area contributed by atoms with Crippen molar-refractivity contribution in [3.05, 3.63) is 65.0 Å². The first-order valence-corrected chi connectivity index (χ1v) is 10.7. The maximum atomic E-state index is 12.2. The Morgan fingerprint density at radius 2 is 1.76 bits per heavy atom. The number of nitrogens with one attached hydrogen (secondary N) is 1. The number of carbonyl (C=O) groups excluding carboxylic acids is 1. The van der Waals surface area contributed by atoms with Crippen molar-refractivity contribution in [3.8, 4) is 17.0 Å². The number of aryl methyl sites for hydroxylation is 1. The van der Waals surface area contributed by atoms with Gasteiger partial charge in [0.2, 0.25) is 5.91 Å². The fourth-order valence-electron chi connectivity index (χ4n) is 2.84. The van der Waals surface area contributed by atoms with E-state index in [2.05, 4.69) is 62.3 Å². The van der Waals surface area contributed by atoms with Crippen LogP contribution in [0.5, 0.6) is 5.75 Å². The average Bonchev–Trinajstić information content (AvgIpc) is 3.14. The van der Waals surface area contributed by atoms with E-state index >= 15 is 0 Å². The van der Waals surface area contributed by atoms with E-state index in [0.29, 0.717) is 24.6 Å². The molecule has 0 spiro atoms. The zero-order chi connectivity index (χ0) is 20.9. The SMILES string of the molecule is Cc1ccc(-c2csc(NC(=O)CCCOc3ccc(C(C)(C)C)cc3)n2)cc1. The lowest BCUT2D eigenvalue weighted by atomic mass is 9.87. The highest BCUT2D eigenvalue weighted by molar-refractivity contribution is 7.14. The Kier molecular flexibility index (Phi) is 6.70. The molecule has 1 N–H and O–H groups in total. The normalized spacial score (nSPS) is 11.3. The molecule has 0 fully saturated rings. The maximum Gasteiger partial charge on any atom is 0.226 e. The van der Waals surface area contributed by atoms with E-state index in [4.69, 9.17) is 4.74 Å². The van der Waals surface area contributed by atoms with Gasteiger partial charge in [0.15, 0.2) is 5.13 Å². The van der Waals surface area contributed by atoms with E-state index in [1.807, 2.05) is 29.6 Å². The van der Waals surface area contributed by atoms with Gasteiger partial charge in [-0.3, -0.25) is 4.79 Å². The first kappa shape index (κ1) is 21.1. The van der Waals surface area contributed by atoms with Crippen molar-refractivity contribution in [1.82, 2.24) is 4.98 Å². The van der Waals surface area contributed by atoms with Crippen molar-refractivity contribution in [2.45, 2.75) is 46.0 Å². The molecule has 5 heteroatoms. The molecule has 0 aliphatic rings. The molecule has 0 unspecified atom stereocenters. The maximum absolute atomic E-state index is 12.2. The highest BCUT2D eigenvalue weighted by Crippen LogP contribution is 2.26. The fraction of sp³-hybridized carbons (Fsp3) is 0.333. The summed E-state index contributed by atoms with van der Waals surface area (Å²) in [5, 5.41) is 5.47. The van der Waals surface area contributed by atoms with Crippen molar-refractivity contribution < 1.29 is 9.53 Å². The van der Waals surface area contributed by atoms with Gasteiger partial charge >= 0.3 is 0 Å². The molecule has 1 amide bonds. The zero-order valence-corrected chi connectivity index (χ0v) is 18.3. The summed E-state index contributed by atoms with van der Waals surface area (Å²) in [7, 11) is 0. The fourth-order valence-corrected chi connectivity index (χ4v) is 3.58. The molecule has 1 heterocycles. The van der Waals surface area contributed by atoms with Crippen LogP contribution in [-0.4, -0.2) is 17.5 Å². The molecule has 152 valence electrons. The van der Waals surface area contributed by atoms with Crippen molar-refractivity contribution in [1.29, 1.82) is 0 Å². The predicted octanol–water partition coefficient (Wildman–Crippen LogP) is 6.21. The Bertz CT molecular complexity index is 938. The molecule has 1 aromatic heterocycles. The number of nitrogens with zero attached hydrogens (tertiary/aromatic N) is 1. The first-order chi connectivity index (χ1) is 13.8. The summed E-state index contributed by atoms with van der Waals surface area (Å²) in [6, 6.07) is 16.4. The van der Waals surface area contributed by atoms with E-state index in [1.54, 1.807) is 0 Å². The van der Waals surface area contributed by atoms with E-state index in [0.717, 1.165) is 17.0 Å². The van der Waals surface area contributed by atoms with Gasteiger partial charge in [0.1, 0.15) is 5.75 Å². The summed E-state index contributed by atoms with van der Waals surface area (Å²) >= 11 is 1.44. The minimum absolute atomic E-state index is 0.0403. The topological polar surface area (TPSA) is 51.2 Å². The Morgan fingerprint density at radius 1 is 1.07 bits per heavy atom. The number of carbonyl (C=O) groups is 1. The molecule has 3 aromatic rings. The summed E-state index contributed by atoms with van der Waals surface area (Å²) in [6.45, 7) is 9.13. The zero-order valence-electron chi connectivity index (χ0n) is 17.5. The Labute approximate surface area is 177 Å². The Balaban J connectivity index is 1.42. The second kappa shape index (κ2) is 9.23. The third-order valence-electron chi connectivity index (χ3n) is 4.64. The van der Waals surface area contributed by atoms with Gasteiger partial charge in [-0.05, 0) is 36.5 Å². The summed E-state index contributed by atoms with van der Waals surface area (Å²) in [5.74, 6) is 0.794. The summed E-state index contributed by atoms with van der Waals surface area (Å²) < 4.78 is 5.75. The molecule has 0 aliphatic heterocycles. The lowest BCUT2D eigenvalue weighted by Gasteiger charge is -2.19. The molecule has 0 radical (unpaired) electrons. The second-order valence-electron chi connectivity index (χ2n) is 8.18. The van der Waals surface area contributed by atoms with Crippen LogP contribution in [0.2, 0.25) is 0 Å². The van der Waals surface area contributed by atoms with Crippen molar-refractivity contribution in [2.24, 2.45) is 0 Å². The van der Waals surface area contributed by atoms with Crippen molar-refractivity contribution >= 4 is 22.4 Å². The molecule has 0 bridgehead atoms. The van der Waals surface area contributed by atoms with Gasteiger partial charge in [0.05, 0.1) is 12.3 Å². The minimum atomic E-state index is -0.0403. The minimum Gasteiger partial charge on any atom is -0.494 e. The molecule has 3 rings (SSSR count). The largest absolute Gasteiger partial charge is 0.494 e. The lowest BCUT2D eigenvalue weighted by Crippen LogP contribution is -2.13. The number of benzene rings is 2. The highest BCUT2D eigenvalue weighted by Gasteiger charge is 2.13. The van der Waals surface area contributed by atoms with Gasteiger partial charge in [-0.2, -0.15) is 0 Å². The molecule has 0 aliphatic carbocycles. The van der Waals surface area contributed by atoms with Gasteiger partial charge in [-0.15, -0.1) is 11.3 Å². The predicted molar refractivity (Wildman–Crippen MR) is 121 cm³/mol. The second-order valence-corrected chi connectivity index (χ2v) is 9.04. The Morgan fingerprint density at radius 3 is 2.41 bits per heavy atom. The first-order valence-electron chi connectivity index (χ1n) is 9.87. The number of hydrogen-bond donors (Lipinski definition) is 1. The lowest BCUT2D eigenvalue weighted by molar-refractivity contribution is -0.116. The third kappa shape index (κ3) is 6.16. The summed E-state index contributed by atoms with van der Waals surface area (Å²) in [4.78, 5) is 16.7. The number of anilines is 1. The van der Waals surface area contributed by atoms with Crippen LogP contribution in [0.15, 0.2) is 53.9 Å². The van der Waals surface area contributed by atoms with Crippen LogP contribution in [0.25, 0.3) is 11.3 Å². The number of rotatable bonds is 7. The van der Waals surface area contributed by atoms with E-state index in [-0.39, 0.29) is 11.3 Å². The van der Waals surface area contributed by atoms with E-state index < -0.39 is 0 Å². The number of aromatic nitrogens is 1. The van der Waals surface area contributed by atoms with Gasteiger partial charge in [-0.25, -0.2) is 4.98 Å². The van der Waals surface area contributed by atoms with Gasteiger partial charge in [0, 0.05) is 17.4 Å². The molecule has 4 nitrogen and oxygen atoms in total. The summed E-state index contributed by atoms with van der Waals surface area (Å²) in [6.07, 6.45) is 1.06. The van der Waals surface area contributed by atoms with Gasteiger partial charge < -0.3 is 10.1 Å². The van der Waals surface area contributed by atoms with Crippen molar-refractivity contribution in [2.75, 3.05) is 11.9 Å². The third-order valence-corrected chi connectivity index (χ3v) is 5.39.